The number of rotatable bonds is 8. The Bertz CT molecular complexity index is 3360. The molecule has 0 aliphatic carbocycles. The van der Waals surface area contributed by atoms with Gasteiger partial charge < -0.3 is 16.4 Å². The first-order valence-electron chi connectivity index (χ1n) is 20.6. The molecule has 0 saturated heterocycles. The lowest BCUT2D eigenvalue weighted by molar-refractivity contribution is -0.142. The highest BCUT2D eigenvalue weighted by molar-refractivity contribution is 6.04. The second-order valence-electron chi connectivity index (χ2n) is 15.6. The maximum Gasteiger partial charge on any atom is 0.435 e. The van der Waals surface area contributed by atoms with E-state index in [0.29, 0.717) is 30.3 Å². The highest BCUT2D eigenvalue weighted by Crippen LogP contribution is 2.36. The van der Waals surface area contributed by atoms with Crippen LogP contribution >= 0.6 is 0 Å². The summed E-state index contributed by atoms with van der Waals surface area (Å²) in [4.78, 5) is 12.0. The maximum absolute atomic E-state index is 14.4. The number of hydrogen-bond acceptors (Lipinski definition) is 6. The van der Waals surface area contributed by atoms with Gasteiger partial charge in [-0.25, -0.2) is 39.5 Å². The molecule has 0 spiro atoms. The molecule has 4 N–H and O–H groups in total. The molecule has 0 atom stereocenters. The van der Waals surface area contributed by atoms with Crippen LogP contribution in [0, 0.1) is 52.4 Å². The Morgan fingerprint density at radius 3 is 1.17 bits per heavy atom. The zero-order valence-electron chi connectivity index (χ0n) is 37.9. The first-order chi connectivity index (χ1) is 34.8. The number of anilines is 3. The summed E-state index contributed by atoms with van der Waals surface area (Å²) in [5.74, 6) is -11.3. The van der Waals surface area contributed by atoms with Gasteiger partial charge in [0.25, 0.3) is 5.91 Å². The van der Waals surface area contributed by atoms with Crippen molar-refractivity contribution in [3.05, 3.63) is 178 Å². The number of nitrogens with two attached hydrogens (primary N) is 1. The Morgan fingerprint density at radius 1 is 0.467 bits per heavy atom. The molecule has 3 aromatic heterocycles. The van der Waals surface area contributed by atoms with Crippen LogP contribution in [0.15, 0.2) is 97.1 Å². The van der Waals surface area contributed by atoms with Crippen LogP contribution < -0.4 is 16.4 Å². The largest absolute Gasteiger partial charge is 0.435 e. The summed E-state index contributed by atoms with van der Waals surface area (Å²) in [6, 6.07) is 14.1. The summed E-state index contributed by atoms with van der Waals surface area (Å²) in [6.07, 6.45) is -13.9. The molecule has 1 amide bonds. The number of amides is 1. The summed E-state index contributed by atoms with van der Waals surface area (Å²) < 4.78 is 239. The number of carbonyl (C=O) groups is 1. The number of nitrogen functional groups attached to an aromatic ring is 1. The van der Waals surface area contributed by atoms with Gasteiger partial charge in [0, 0.05) is 91.3 Å². The van der Waals surface area contributed by atoms with Gasteiger partial charge in [-0.2, -0.15) is 54.8 Å². The van der Waals surface area contributed by atoms with Crippen LogP contribution in [0.5, 0.6) is 0 Å². The van der Waals surface area contributed by atoms with Crippen LogP contribution in [0.2, 0.25) is 0 Å². The highest BCUT2D eigenvalue weighted by Gasteiger charge is 2.37. The fraction of sp³-hybridized carbons (Fsp3) is 0.149. The first kappa shape index (κ1) is 55.8. The summed E-state index contributed by atoms with van der Waals surface area (Å²) in [6.45, 7) is -0.388. The molecule has 28 heteroatoms. The quantitative estimate of drug-likeness (QED) is 0.103. The molecule has 10 nitrogen and oxygen atoms in total. The van der Waals surface area contributed by atoms with Crippen molar-refractivity contribution in [3.63, 3.8) is 0 Å². The lowest BCUT2D eigenvalue weighted by Crippen LogP contribution is -2.16. The van der Waals surface area contributed by atoms with E-state index in [-0.39, 0.29) is 57.4 Å². The standard InChI is InChI=1S/C18H10F7N3O.C18H12F7N3.C11H9F4N3/c1-28-14(7-15(27-28)18(23,24)25)10-3-2-9(6-11(10)20)26-17(29)16-12(21)4-8(19)5-13(16)22;1-28-16(7-17(27-28)18(23,24)25)11-3-2-10(6-15(11)22)26-8-12-13(20)4-9(19)5-14(12)21;1-18-9(5-10(17-18)11(13,14)15)7-3-2-6(16)4-8(7)12/h2-7H,1H3,(H,26,29);2-7,26H,8H2,1H3;2-5H,16H2,1H3. The molecule has 5 aromatic carbocycles. The predicted molar refractivity (Wildman–Crippen MR) is 233 cm³/mol. The average molecular weight is 1080 g/mol. The number of aromatic nitrogens is 6. The second kappa shape index (κ2) is 21.6. The van der Waals surface area contributed by atoms with Crippen molar-refractivity contribution in [2.24, 2.45) is 21.1 Å². The Morgan fingerprint density at radius 2 is 0.813 bits per heavy atom. The van der Waals surface area contributed by atoms with E-state index in [1.54, 1.807) is 0 Å². The normalized spacial score (nSPS) is 11.7. The summed E-state index contributed by atoms with van der Waals surface area (Å²) in [5, 5.41) is 14.5. The Hall–Kier alpha value is -8.46. The number of hydrogen-bond donors (Lipinski definition) is 3. The van der Waals surface area contributed by atoms with E-state index in [9.17, 15) is 83.8 Å². The zero-order valence-corrected chi connectivity index (χ0v) is 37.9. The van der Waals surface area contributed by atoms with Crippen LogP contribution in [0.1, 0.15) is 33.0 Å². The molecule has 0 aliphatic heterocycles. The third-order valence-electron chi connectivity index (χ3n) is 10.3. The number of carbonyl (C=O) groups excluding carboxylic acids is 1. The van der Waals surface area contributed by atoms with Gasteiger partial charge in [-0.3, -0.25) is 18.8 Å². The summed E-state index contributed by atoms with van der Waals surface area (Å²) >= 11 is 0. The molecule has 396 valence electrons. The number of halogens is 18. The molecule has 0 saturated carbocycles. The fourth-order valence-electron chi connectivity index (χ4n) is 6.83. The van der Waals surface area contributed by atoms with Gasteiger partial charge in [0.1, 0.15) is 57.9 Å². The minimum Gasteiger partial charge on any atom is -0.399 e. The van der Waals surface area contributed by atoms with Gasteiger partial charge in [-0.15, -0.1) is 0 Å². The molecule has 0 unspecified atom stereocenters. The van der Waals surface area contributed by atoms with Crippen LogP contribution in [-0.2, 0) is 46.2 Å². The molecule has 0 bridgehead atoms. The van der Waals surface area contributed by atoms with Crippen molar-refractivity contribution < 1.29 is 83.8 Å². The molecule has 8 aromatic rings. The van der Waals surface area contributed by atoms with Crippen molar-refractivity contribution in [1.29, 1.82) is 0 Å². The third-order valence-corrected chi connectivity index (χ3v) is 10.3. The van der Waals surface area contributed by atoms with Crippen molar-refractivity contribution in [2.75, 3.05) is 16.4 Å². The minimum absolute atomic E-state index is 0.0229. The molecule has 3 heterocycles. The van der Waals surface area contributed by atoms with Gasteiger partial charge >= 0.3 is 18.5 Å². The van der Waals surface area contributed by atoms with E-state index in [1.165, 1.54) is 45.4 Å². The van der Waals surface area contributed by atoms with E-state index in [0.717, 1.165) is 56.5 Å². The smallest absolute Gasteiger partial charge is 0.399 e. The van der Waals surface area contributed by atoms with Crippen LogP contribution in [0.4, 0.5) is 96.1 Å². The van der Waals surface area contributed by atoms with Gasteiger partial charge in [-0.05, 0) is 72.8 Å². The molecule has 8 rings (SSSR count). The lowest BCUT2D eigenvalue weighted by atomic mass is 10.1. The Labute approximate surface area is 409 Å². The SMILES string of the molecule is Cn1nc(C(F)(F)F)cc1-c1ccc(N)cc1F.Cn1nc(C(F)(F)F)cc1-c1ccc(NC(=O)c2c(F)cc(F)cc2F)cc1F.Cn1nc(C(F)(F)F)cc1-c1ccc(NCc2c(F)cc(F)cc2F)cc1F. The van der Waals surface area contributed by atoms with Crippen molar-refractivity contribution >= 4 is 23.0 Å². The molecule has 0 aliphatic rings. The predicted octanol–water partition coefficient (Wildman–Crippen LogP) is 13.0. The number of benzene rings is 5. The Balaban J connectivity index is 0.000000188. The van der Waals surface area contributed by atoms with E-state index in [1.807, 2.05) is 5.32 Å². The molecule has 75 heavy (non-hydrogen) atoms. The molecular weight excluding hydrogens is 1050 g/mol. The van der Waals surface area contributed by atoms with Gasteiger partial charge in [-0.1, -0.05) is 0 Å². The Kier molecular flexibility index (Phi) is 16.1. The number of aryl methyl sites for hydroxylation is 3. The summed E-state index contributed by atoms with van der Waals surface area (Å²) in [7, 11) is 3.76. The highest BCUT2D eigenvalue weighted by atomic mass is 19.4. The fourth-order valence-corrected chi connectivity index (χ4v) is 6.83. The van der Waals surface area contributed by atoms with Gasteiger partial charge in [0.2, 0.25) is 0 Å². The first-order valence-corrected chi connectivity index (χ1v) is 20.6. The maximum atomic E-state index is 14.4. The lowest BCUT2D eigenvalue weighted by Gasteiger charge is -2.10. The van der Waals surface area contributed by atoms with E-state index in [2.05, 4.69) is 20.6 Å². The number of nitrogens with one attached hydrogen (secondary N) is 2. The van der Waals surface area contributed by atoms with Crippen LogP contribution in [0.3, 0.4) is 0 Å². The van der Waals surface area contributed by atoms with Crippen molar-refractivity contribution in [3.8, 4) is 33.8 Å². The van der Waals surface area contributed by atoms with Crippen molar-refractivity contribution in [2.45, 2.75) is 25.1 Å². The molecule has 0 radical (unpaired) electrons. The summed E-state index contributed by atoms with van der Waals surface area (Å²) in [5.41, 5.74) is -0.0353. The van der Waals surface area contributed by atoms with Gasteiger partial charge in [0.05, 0.1) is 17.1 Å². The van der Waals surface area contributed by atoms with Crippen LogP contribution in [0.25, 0.3) is 33.8 Å². The van der Waals surface area contributed by atoms with E-state index < -0.39 is 105 Å². The monoisotopic (exact) mass is 1080 g/mol. The minimum atomic E-state index is -4.72. The zero-order chi connectivity index (χ0) is 55.6. The van der Waals surface area contributed by atoms with Crippen LogP contribution in [-0.4, -0.2) is 35.2 Å². The van der Waals surface area contributed by atoms with E-state index >= 15 is 0 Å². The van der Waals surface area contributed by atoms with E-state index in [4.69, 9.17) is 5.73 Å². The third kappa shape index (κ3) is 13.2. The average Bonchev–Trinajstić information content (AvgIpc) is 4.00. The van der Waals surface area contributed by atoms with Gasteiger partial charge in [0.15, 0.2) is 17.1 Å². The molecular formula is C47H31F18N9O. The number of nitrogens with zero attached hydrogens (tertiary/aromatic N) is 6. The second-order valence-corrected chi connectivity index (χ2v) is 15.6. The topological polar surface area (TPSA) is 121 Å². The number of alkyl halides is 9. The molecule has 0 fully saturated rings. The van der Waals surface area contributed by atoms with Crippen molar-refractivity contribution in [1.82, 2.24) is 29.3 Å².